The smallest absolute Gasteiger partial charge is 0.327 e. The largest absolute Gasteiger partial charge is 0.371 e. The minimum atomic E-state index is -1.24. The Labute approximate surface area is 124 Å². The van der Waals surface area contributed by atoms with E-state index in [-0.39, 0.29) is 11.6 Å². The number of hydrogen-bond donors (Lipinski definition) is 1. The van der Waals surface area contributed by atoms with Crippen LogP contribution in [0.15, 0.2) is 24.3 Å². The Bertz CT molecular complexity index is 528. The lowest BCUT2D eigenvalue weighted by molar-refractivity contribution is -0.0238. The zero-order chi connectivity index (χ0) is 15.1. The van der Waals surface area contributed by atoms with Gasteiger partial charge in [0.15, 0.2) is 0 Å². The maximum atomic E-state index is 12.7. The summed E-state index contributed by atoms with van der Waals surface area (Å²) in [4.78, 5) is 15.9. The Morgan fingerprint density at radius 2 is 2.00 bits per heavy atom. The topological polar surface area (TPSA) is 43.8 Å². The first-order valence-corrected chi connectivity index (χ1v) is 7.16. The number of carbonyl (C=O) groups excluding carboxylic acids is 1. The third kappa shape index (κ3) is 2.50. The highest BCUT2D eigenvalue weighted by molar-refractivity contribution is 6.30. The molecule has 1 unspecified atom stereocenters. The van der Waals surface area contributed by atoms with Crippen LogP contribution in [0.1, 0.15) is 34.1 Å². The number of nitrogens with zero attached hydrogens (tertiary/aromatic N) is 2. The van der Waals surface area contributed by atoms with Crippen LogP contribution in [0.2, 0.25) is 5.02 Å². The second-order valence-corrected chi connectivity index (χ2v) is 6.48. The van der Waals surface area contributed by atoms with Gasteiger partial charge in [0.05, 0.1) is 0 Å². The fourth-order valence-electron chi connectivity index (χ4n) is 3.15. The summed E-state index contributed by atoms with van der Waals surface area (Å²) in [5, 5.41) is 11.3. The lowest BCUT2D eigenvalue weighted by Crippen LogP contribution is -2.68. The van der Waals surface area contributed by atoms with E-state index in [9.17, 15) is 9.90 Å². The molecule has 20 heavy (non-hydrogen) atoms. The number of halogens is 1. The molecule has 1 saturated heterocycles. The monoisotopic (exact) mass is 296 g/mol. The van der Waals surface area contributed by atoms with E-state index in [1.54, 1.807) is 36.1 Å². The van der Waals surface area contributed by atoms with Crippen molar-refractivity contribution in [3.8, 4) is 0 Å². The first-order chi connectivity index (χ1) is 9.19. The van der Waals surface area contributed by atoms with E-state index in [2.05, 4.69) is 0 Å². The van der Waals surface area contributed by atoms with Crippen molar-refractivity contribution in [2.75, 3.05) is 11.4 Å². The number of benzene rings is 1. The third-order valence-corrected chi connectivity index (χ3v) is 4.02. The molecule has 0 radical (unpaired) electrons. The van der Waals surface area contributed by atoms with Crippen molar-refractivity contribution in [1.29, 1.82) is 0 Å². The molecule has 1 aromatic rings. The Morgan fingerprint density at radius 3 is 2.55 bits per heavy atom. The fourth-order valence-corrected chi connectivity index (χ4v) is 3.33. The molecule has 0 saturated carbocycles. The predicted molar refractivity (Wildman–Crippen MR) is 81.0 cm³/mol. The number of amides is 2. The molecule has 1 heterocycles. The summed E-state index contributed by atoms with van der Waals surface area (Å²) in [6, 6.07) is 6.80. The molecule has 1 atom stereocenters. The molecule has 1 fully saturated rings. The zero-order valence-corrected chi connectivity index (χ0v) is 13.1. The standard InChI is InChI=1S/C15H21ClN2O2/c1-5-17-13(19)18(12-8-6-7-11(16)9-12)15(4,20)10-14(17,2)3/h6-9,20H,5,10H2,1-4H3. The quantitative estimate of drug-likeness (QED) is 0.908. The summed E-state index contributed by atoms with van der Waals surface area (Å²) in [7, 11) is 0. The van der Waals surface area contributed by atoms with Crippen LogP contribution < -0.4 is 4.90 Å². The van der Waals surface area contributed by atoms with Crippen LogP contribution in [0.4, 0.5) is 10.5 Å². The van der Waals surface area contributed by atoms with Crippen LogP contribution in [0, 0.1) is 0 Å². The van der Waals surface area contributed by atoms with Crippen molar-refractivity contribution in [2.24, 2.45) is 0 Å². The number of anilines is 1. The maximum Gasteiger partial charge on any atom is 0.327 e. The highest BCUT2D eigenvalue weighted by atomic mass is 35.5. The highest BCUT2D eigenvalue weighted by Gasteiger charge is 2.49. The van der Waals surface area contributed by atoms with Gasteiger partial charge in [-0.1, -0.05) is 17.7 Å². The number of urea groups is 1. The van der Waals surface area contributed by atoms with Gasteiger partial charge in [0.25, 0.3) is 0 Å². The molecule has 5 heteroatoms. The molecule has 0 spiro atoms. The number of rotatable bonds is 2. The van der Waals surface area contributed by atoms with E-state index >= 15 is 0 Å². The van der Waals surface area contributed by atoms with Crippen LogP contribution in [-0.2, 0) is 0 Å². The first kappa shape index (κ1) is 15.1. The van der Waals surface area contributed by atoms with Crippen molar-refractivity contribution in [3.63, 3.8) is 0 Å². The van der Waals surface area contributed by atoms with Crippen LogP contribution in [0.25, 0.3) is 0 Å². The van der Waals surface area contributed by atoms with Crippen molar-refractivity contribution < 1.29 is 9.90 Å². The molecule has 4 nitrogen and oxygen atoms in total. The average Bonchev–Trinajstić information content (AvgIpc) is 2.25. The molecule has 2 rings (SSSR count). The summed E-state index contributed by atoms with van der Waals surface area (Å²) >= 11 is 6.00. The van der Waals surface area contributed by atoms with Crippen LogP contribution in [-0.4, -0.2) is 33.8 Å². The van der Waals surface area contributed by atoms with E-state index in [0.717, 1.165) is 0 Å². The van der Waals surface area contributed by atoms with Gasteiger partial charge in [0.1, 0.15) is 5.72 Å². The van der Waals surface area contributed by atoms with Crippen molar-refractivity contribution in [3.05, 3.63) is 29.3 Å². The number of aliphatic hydroxyl groups is 1. The Balaban J connectivity index is 2.48. The summed E-state index contributed by atoms with van der Waals surface area (Å²) in [6.07, 6.45) is 0.464. The van der Waals surface area contributed by atoms with Crippen LogP contribution in [0.5, 0.6) is 0 Å². The van der Waals surface area contributed by atoms with Gasteiger partial charge < -0.3 is 10.0 Å². The number of carbonyl (C=O) groups is 1. The van der Waals surface area contributed by atoms with Crippen molar-refractivity contribution in [2.45, 2.75) is 45.4 Å². The molecular formula is C15H21ClN2O2. The second-order valence-electron chi connectivity index (χ2n) is 6.05. The van der Waals surface area contributed by atoms with Crippen LogP contribution in [0.3, 0.4) is 0 Å². The Kier molecular flexibility index (Phi) is 3.73. The van der Waals surface area contributed by atoms with Gasteiger partial charge in [-0.2, -0.15) is 0 Å². The lowest BCUT2D eigenvalue weighted by atomic mass is 9.87. The summed E-state index contributed by atoms with van der Waals surface area (Å²) < 4.78 is 0. The van der Waals surface area contributed by atoms with Gasteiger partial charge in [0, 0.05) is 29.2 Å². The molecule has 0 aliphatic carbocycles. The molecular weight excluding hydrogens is 276 g/mol. The maximum absolute atomic E-state index is 12.7. The zero-order valence-electron chi connectivity index (χ0n) is 12.4. The van der Waals surface area contributed by atoms with Gasteiger partial charge in [0.2, 0.25) is 0 Å². The summed E-state index contributed by atoms with van der Waals surface area (Å²) in [5.74, 6) is 0. The van der Waals surface area contributed by atoms with Gasteiger partial charge >= 0.3 is 6.03 Å². The molecule has 1 aliphatic heterocycles. The summed E-state index contributed by atoms with van der Waals surface area (Å²) in [5.41, 5.74) is -1.01. The van der Waals surface area contributed by atoms with E-state index < -0.39 is 5.72 Å². The predicted octanol–water partition coefficient (Wildman–Crippen LogP) is 3.48. The molecule has 110 valence electrons. The second kappa shape index (κ2) is 4.93. The van der Waals surface area contributed by atoms with E-state index in [1.807, 2.05) is 20.8 Å². The van der Waals surface area contributed by atoms with E-state index in [0.29, 0.717) is 23.7 Å². The first-order valence-electron chi connectivity index (χ1n) is 6.79. The van der Waals surface area contributed by atoms with Gasteiger partial charge in [-0.05, 0) is 45.9 Å². The Hall–Kier alpha value is -1.26. The lowest BCUT2D eigenvalue weighted by Gasteiger charge is -2.53. The summed E-state index contributed by atoms with van der Waals surface area (Å²) in [6.45, 7) is 8.14. The molecule has 1 N–H and O–H groups in total. The minimum Gasteiger partial charge on any atom is -0.371 e. The number of hydrogen-bond acceptors (Lipinski definition) is 2. The van der Waals surface area contributed by atoms with Gasteiger partial charge in [-0.3, -0.25) is 4.90 Å². The van der Waals surface area contributed by atoms with E-state index in [4.69, 9.17) is 11.6 Å². The molecule has 0 bridgehead atoms. The third-order valence-electron chi connectivity index (χ3n) is 3.78. The molecule has 2 amide bonds. The SMILES string of the molecule is CCN1C(=O)N(c2cccc(Cl)c2)C(C)(O)CC1(C)C. The average molecular weight is 297 g/mol. The van der Waals surface area contributed by atoms with Crippen molar-refractivity contribution >= 4 is 23.3 Å². The van der Waals surface area contributed by atoms with Gasteiger partial charge in [-0.25, -0.2) is 4.79 Å². The molecule has 0 aromatic heterocycles. The van der Waals surface area contributed by atoms with Crippen molar-refractivity contribution in [1.82, 2.24) is 4.90 Å². The van der Waals surface area contributed by atoms with Crippen LogP contribution >= 0.6 is 11.6 Å². The molecule has 1 aromatic carbocycles. The fraction of sp³-hybridized carbons (Fsp3) is 0.533. The Morgan fingerprint density at radius 1 is 1.35 bits per heavy atom. The van der Waals surface area contributed by atoms with Gasteiger partial charge in [-0.15, -0.1) is 0 Å². The van der Waals surface area contributed by atoms with E-state index in [1.165, 1.54) is 4.90 Å². The molecule has 1 aliphatic rings. The normalized spacial score (nSPS) is 26.0. The minimum absolute atomic E-state index is 0.198. The highest BCUT2D eigenvalue weighted by Crippen LogP contribution is 2.39.